The van der Waals surface area contributed by atoms with E-state index < -0.39 is 0 Å². The largest absolute Gasteiger partial charge is 0.497 e. The molecule has 5 heteroatoms. The molecule has 0 bridgehead atoms. The Morgan fingerprint density at radius 3 is 2.83 bits per heavy atom. The lowest BCUT2D eigenvalue weighted by atomic mass is 10.2. The van der Waals surface area contributed by atoms with E-state index in [1.54, 1.807) is 19.2 Å². The number of ether oxygens (including phenoxy) is 1. The summed E-state index contributed by atoms with van der Waals surface area (Å²) >= 11 is 0. The predicted molar refractivity (Wildman–Crippen MR) is 89.9 cm³/mol. The molecule has 0 radical (unpaired) electrons. The lowest BCUT2D eigenvalue weighted by molar-refractivity contribution is 0.252. The molecule has 2 aromatic carbocycles. The summed E-state index contributed by atoms with van der Waals surface area (Å²) in [5.74, 6) is 1.55. The van der Waals surface area contributed by atoms with Gasteiger partial charge in [0.05, 0.1) is 7.11 Å². The third-order valence-corrected chi connectivity index (χ3v) is 3.46. The molecule has 0 aliphatic rings. The molecule has 0 spiro atoms. The van der Waals surface area contributed by atoms with Gasteiger partial charge in [-0.25, -0.2) is 4.79 Å². The summed E-state index contributed by atoms with van der Waals surface area (Å²) in [7, 11) is 1.59. The SMILES string of the molecule is COc1cccc(NC(=O)NCCc2cc3ccccc3o2)c1. The summed E-state index contributed by atoms with van der Waals surface area (Å²) in [5.41, 5.74) is 1.55. The molecule has 3 aromatic rings. The number of methoxy groups -OCH3 is 1. The number of nitrogens with one attached hydrogen (secondary N) is 2. The van der Waals surface area contributed by atoms with E-state index in [-0.39, 0.29) is 6.03 Å². The summed E-state index contributed by atoms with van der Waals surface area (Å²) < 4.78 is 10.8. The van der Waals surface area contributed by atoms with E-state index in [0.29, 0.717) is 24.4 Å². The second-order valence-electron chi connectivity index (χ2n) is 5.11. The number of furan rings is 1. The Bertz CT molecular complexity index is 778. The summed E-state index contributed by atoms with van der Waals surface area (Å²) in [5, 5.41) is 6.65. The van der Waals surface area contributed by atoms with E-state index in [0.717, 1.165) is 16.7 Å². The molecule has 1 heterocycles. The standard InChI is InChI=1S/C18H18N2O3/c1-22-15-7-4-6-14(12-15)20-18(21)19-10-9-16-11-13-5-2-3-8-17(13)23-16/h2-8,11-12H,9-10H2,1H3,(H2,19,20,21). The molecule has 3 rings (SSSR count). The maximum absolute atomic E-state index is 11.9. The first-order valence-electron chi connectivity index (χ1n) is 7.41. The number of hydrogen-bond donors (Lipinski definition) is 2. The van der Waals surface area contributed by atoms with Crippen LogP contribution < -0.4 is 15.4 Å². The lowest BCUT2D eigenvalue weighted by Crippen LogP contribution is -2.30. The Hall–Kier alpha value is -2.95. The van der Waals surface area contributed by atoms with Gasteiger partial charge in [0, 0.05) is 30.1 Å². The fourth-order valence-electron chi connectivity index (χ4n) is 2.34. The van der Waals surface area contributed by atoms with Gasteiger partial charge in [-0.15, -0.1) is 0 Å². The highest BCUT2D eigenvalue weighted by molar-refractivity contribution is 5.89. The van der Waals surface area contributed by atoms with E-state index in [9.17, 15) is 4.79 Å². The Morgan fingerprint density at radius 1 is 1.13 bits per heavy atom. The van der Waals surface area contributed by atoms with Crippen LogP contribution in [0.4, 0.5) is 10.5 Å². The first kappa shape index (κ1) is 15.0. The molecule has 0 aliphatic heterocycles. The molecule has 0 atom stereocenters. The second-order valence-corrected chi connectivity index (χ2v) is 5.11. The van der Waals surface area contributed by atoms with Gasteiger partial charge in [-0.3, -0.25) is 0 Å². The van der Waals surface area contributed by atoms with Gasteiger partial charge in [0.1, 0.15) is 17.1 Å². The quantitative estimate of drug-likeness (QED) is 0.753. The Morgan fingerprint density at radius 2 is 2.00 bits per heavy atom. The van der Waals surface area contributed by atoms with Crippen molar-refractivity contribution in [2.75, 3.05) is 19.0 Å². The number of carbonyl (C=O) groups excluding carboxylic acids is 1. The van der Waals surface area contributed by atoms with Crippen LogP contribution in [0.5, 0.6) is 5.75 Å². The Labute approximate surface area is 134 Å². The minimum atomic E-state index is -0.255. The van der Waals surface area contributed by atoms with Crippen LogP contribution in [0.15, 0.2) is 59.0 Å². The number of amides is 2. The number of anilines is 1. The molecule has 0 saturated heterocycles. The van der Waals surface area contributed by atoms with Crippen LogP contribution in [0.25, 0.3) is 11.0 Å². The zero-order valence-electron chi connectivity index (χ0n) is 12.8. The zero-order valence-corrected chi connectivity index (χ0v) is 12.8. The number of fused-ring (bicyclic) bond motifs is 1. The zero-order chi connectivity index (χ0) is 16.1. The number of urea groups is 1. The minimum absolute atomic E-state index is 0.255. The maximum atomic E-state index is 11.9. The van der Waals surface area contributed by atoms with Gasteiger partial charge in [-0.05, 0) is 24.3 Å². The third-order valence-electron chi connectivity index (χ3n) is 3.46. The Kier molecular flexibility index (Phi) is 4.47. The number of hydrogen-bond acceptors (Lipinski definition) is 3. The molecule has 0 saturated carbocycles. The molecule has 2 amide bonds. The molecule has 0 unspecified atom stereocenters. The molecular formula is C18H18N2O3. The van der Waals surface area contributed by atoms with Crippen LogP contribution in [-0.4, -0.2) is 19.7 Å². The highest BCUT2D eigenvalue weighted by atomic mass is 16.5. The smallest absolute Gasteiger partial charge is 0.319 e. The van der Waals surface area contributed by atoms with E-state index in [1.807, 2.05) is 42.5 Å². The molecular weight excluding hydrogens is 292 g/mol. The van der Waals surface area contributed by atoms with Gasteiger partial charge in [0.15, 0.2) is 0 Å². The normalized spacial score (nSPS) is 10.5. The van der Waals surface area contributed by atoms with Crippen molar-refractivity contribution < 1.29 is 13.9 Å². The molecule has 0 fully saturated rings. The van der Waals surface area contributed by atoms with Crippen LogP contribution >= 0.6 is 0 Å². The van der Waals surface area contributed by atoms with E-state index in [1.165, 1.54) is 0 Å². The van der Waals surface area contributed by atoms with Gasteiger partial charge in [0.2, 0.25) is 0 Å². The number of benzene rings is 2. The highest BCUT2D eigenvalue weighted by Gasteiger charge is 2.05. The molecule has 5 nitrogen and oxygen atoms in total. The number of para-hydroxylation sites is 1. The average molecular weight is 310 g/mol. The average Bonchev–Trinajstić information content (AvgIpc) is 2.97. The van der Waals surface area contributed by atoms with Crippen molar-refractivity contribution >= 4 is 22.7 Å². The van der Waals surface area contributed by atoms with Crippen LogP contribution in [0.3, 0.4) is 0 Å². The van der Waals surface area contributed by atoms with Crippen LogP contribution in [0.2, 0.25) is 0 Å². The monoisotopic (exact) mass is 310 g/mol. The lowest BCUT2D eigenvalue weighted by Gasteiger charge is -2.08. The first-order valence-corrected chi connectivity index (χ1v) is 7.41. The van der Waals surface area contributed by atoms with Crippen LogP contribution in [-0.2, 0) is 6.42 Å². The molecule has 0 aliphatic carbocycles. The van der Waals surface area contributed by atoms with Crippen molar-refractivity contribution in [2.45, 2.75) is 6.42 Å². The van der Waals surface area contributed by atoms with Crippen molar-refractivity contribution in [1.82, 2.24) is 5.32 Å². The molecule has 2 N–H and O–H groups in total. The summed E-state index contributed by atoms with van der Waals surface area (Å²) in [6.07, 6.45) is 0.639. The molecule has 118 valence electrons. The summed E-state index contributed by atoms with van der Waals surface area (Å²) in [6, 6.07) is 16.8. The van der Waals surface area contributed by atoms with Crippen molar-refractivity contribution in [2.24, 2.45) is 0 Å². The molecule has 1 aromatic heterocycles. The first-order chi connectivity index (χ1) is 11.2. The van der Waals surface area contributed by atoms with E-state index in [2.05, 4.69) is 10.6 Å². The second kappa shape index (κ2) is 6.87. The fraction of sp³-hybridized carbons (Fsp3) is 0.167. The van der Waals surface area contributed by atoms with Gasteiger partial charge in [-0.2, -0.15) is 0 Å². The van der Waals surface area contributed by atoms with Crippen molar-refractivity contribution in [1.29, 1.82) is 0 Å². The molecule has 23 heavy (non-hydrogen) atoms. The van der Waals surface area contributed by atoms with Crippen molar-refractivity contribution in [3.8, 4) is 5.75 Å². The minimum Gasteiger partial charge on any atom is -0.497 e. The van der Waals surface area contributed by atoms with Crippen LogP contribution in [0, 0.1) is 0 Å². The van der Waals surface area contributed by atoms with Gasteiger partial charge in [-0.1, -0.05) is 24.3 Å². The van der Waals surface area contributed by atoms with E-state index in [4.69, 9.17) is 9.15 Å². The summed E-state index contributed by atoms with van der Waals surface area (Å²) in [6.45, 7) is 0.496. The predicted octanol–water partition coefficient (Wildman–Crippen LogP) is 3.81. The topological polar surface area (TPSA) is 63.5 Å². The van der Waals surface area contributed by atoms with E-state index >= 15 is 0 Å². The highest BCUT2D eigenvalue weighted by Crippen LogP contribution is 2.19. The number of rotatable bonds is 5. The van der Waals surface area contributed by atoms with Crippen molar-refractivity contribution in [3.05, 3.63) is 60.4 Å². The van der Waals surface area contributed by atoms with Crippen molar-refractivity contribution in [3.63, 3.8) is 0 Å². The van der Waals surface area contributed by atoms with Gasteiger partial charge in [0.25, 0.3) is 0 Å². The summed E-state index contributed by atoms with van der Waals surface area (Å²) in [4.78, 5) is 11.9. The number of carbonyl (C=O) groups is 1. The maximum Gasteiger partial charge on any atom is 0.319 e. The van der Waals surface area contributed by atoms with Crippen LogP contribution in [0.1, 0.15) is 5.76 Å². The Balaban J connectivity index is 1.50. The fourth-order valence-corrected chi connectivity index (χ4v) is 2.34. The third kappa shape index (κ3) is 3.83. The van der Waals surface area contributed by atoms with Gasteiger partial charge >= 0.3 is 6.03 Å². The van der Waals surface area contributed by atoms with Gasteiger partial charge < -0.3 is 19.8 Å².